The molecule has 1 N–H and O–H groups in total. The van der Waals surface area contributed by atoms with Crippen molar-refractivity contribution in [1.82, 2.24) is 10.2 Å². The number of benzene rings is 2. The van der Waals surface area contributed by atoms with Crippen molar-refractivity contribution in [3.05, 3.63) is 58.6 Å². The topological polar surface area (TPSA) is 96.0 Å². The van der Waals surface area contributed by atoms with Crippen LogP contribution in [0.5, 0.6) is 5.75 Å². The molecule has 2 aromatic rings. The van der Waals surface area contributed by atoms with E-state index < -0.39 is 51.2 Å². The van der Waals surface area contributed by atoms with Gasteiger partial charge in [-0.2, -0.15) is 13.2 Å². The van der Waals surface area contributed by atoms with Crippen molar-refractivity contribution >= 4 is 39.1 Å². The lowest BCUT2D eigenvalue weighted by Gasteiger charge is -2.31. The second kappa shape index (κ2) is 12.7. The van der Waals surface area contributed by atoms with Crippen LogP contribution in [-0.2, 0) is 32.3 Å². The number of carbonyl (C=O) groups is 2. The van der Waals surface area contributed by atoms with Crippen LogP contribution in [0.1, 0.15) is 31.9 Å². The highest BCUT2D eigenvalue weighted by atomic mass is 35.5. The summed E-state index contributed by atoms with van der Waals surface area (Å²) in [5.74, 6) is -0.537. The van der Waals surface area contributed by atoms with Gasteiger partial charge < -0.3 is 15.0 Å². The minimum atomic E-state index is -4.84. The second-order valence-electron chi connectivity index (χ2n) is 9.12. The van der Waals surface area contributed by atoms with Crippen molar-refractivity contribution in [3.8, 4) is 5.75 Å². The monoisotopic (exact) mass is 577 g/mol. The molecule has 0 fully saturated rings. The average molecular weight is 578 g/mol. The number of carbonyl (C=O) groups excluding carboxylic acids is 2. The van der Waals surface area contributed by atoms with Gasteiger partial charge in [0.2, 0.25) is 21.8 Å². The number of halogens is 4. The molecule has 0 heterocycles. The number of nitrogens with one attached hydrogen (secondary N) is 1. The summed E-state index contributed by atoms with van der Waals surface area (Å²) in [5.41, 5.74) is -1.01. The maximum Gasteiger partial charge on any atom is 0.417 e. The highest BCUT2D eigenvalue weighted by Crippen LogP contribution is 2.37. The average Bonchev–Trinajstić information content (AvgIpc) is 2.83. The first-order chi connectivity index (χ1) is 17.5. The maximum atomic E-state index is 13.5. The Morgan fingerprint density at radius 3 is 2.18 bits per heavy atom. The minimum absolute atomic E-state index is 0.0644. The molecular formula is C25H31ClF3N3O5S. The molecule has 210 valence electrons. The quantitative estimate of drug-likeness (QED) is 0.429. The number of hydrogen-bond acceptors (Lipinski definition) is 5. The smallest absolute Gasteiger partial charge is 0.417 e. The number of hydrogen-bond donors (Lipinski definition) is 1. The first-order valence-electron chi connectivity index (χ1n) is 11.6. The molecule has 0 aliphatic heterocycles. The van der Waals surface area contributed by atoms with Crippen molar-refractivity contribution in [2.24, 2.45) is 5.92 Å². The number of sulfonamides is 1. The molecule has 0 aromatic heterocycles. The highest BCUT2D eigenvalue weighted by molar-refractivity contribution is 7.92. The Morgan fingerprint density at radius 1 is 1.08 bits per heavy atom. The molecule has 0 aliphatic rings. The summed E-state index contributed by atoms with van der Waals surface area (Å²) in [6.45, 7) is 4.74. The van der Waals surface area contributed by atoms with Gasteiger partial charge in [0.25, 0.3) is 0 Å². The summed E-state index contributed by atoms with van der Waals surface area (Å²) in [4.78, 5) is 27.5. The third kappa shape index (κ3) is 8.52. The zero-order valence-corrected chi connectivity index (χ0v) is 23.2. The number of anilines is 1. The summed E-state index contributed by atoms with van der Waals surface area (Å²) >= 11 is 5.68. The molecule has 0 bridgehead atoms. The van der Waals surface area contributed by atoms with Gasteiger partial charge in [-0.1, -0.05) is 37.6 Å². The molecule has 2 amide bonds. The molecule has 0 spiro atoms. The predicted octanol–water partition coefficient (Wildman–Crippen LogP) is 4.32. The van der Waals surface area contributed by atoms with E-state index in [0.29, 0.717) is 28.2 Å². The van der Waals surface area contributed by atoms with Gasteiger partial charge in [0.05, 0.1) is 29.6 Å². The lowest BCUT2D eigenvalue weighted by Crippen LogP contribution is -2.51. The van der Waals surface area contributed by atoms with Crippen molar-refractivity contribution in [3.63, 3.8) is 0 Å². The maximum absolute atomic E-state index is 13.5. The largest absolute Gasteiger partial charge is 0.497 e. The molecule has 13 heteroatoms. The zero-order chi connectivity index (χ0) is 28.8. The van der Waals surface area contributed by atoms with Gasteiger partial charge in [-0.3, -0.25) is 13.9 Å². The van der Waals surface area contributed by atoms with Gasteiger partial charge in [-0.25, -0.2) is 8.42 Å². The predicted molar refractivity (Wildman–Crippen MR) is 139 cm³/mol. The van der Waals surface area contributed by atoms with Crippen LogP contribution in [0, 0.1) is 5.92 Å². The number of rotatable bonds is 11. The summed E-state index contributed by atoms with van der Waals surface area (Å²) in [6, 6.07) is 8.25. The van der Waals surface area contributed by atoms with E-state index in [1.807, 2.05) is 13.8 Å². The number of methoxy groups -OCH3 is 1. The molecule has 2 aromatic carbocycles. The second-order valence-corrected chi connectivity index (χ2v) is 11.4. The SMILES string of the molecule is COc1ccc(CN(C(=O)CN(c2ccc(Cl)c(C(F)(F)F)c2)S(C)(=O)=O)C(C)C(=O)NCC(C)C)cc1. The van der Waals surface area contributed by atoms with Crippen LogP contribution in [0.3, 0.4) is 0 Å². The van der Waals surface area contributed by atoms with Crippen molar-refractivity contribution in [2.75, 3.05) is 30.8 Å². The van der Waals surface area contributed by atoms with Crippen LogP contribution in [0.2, 0.25) is 5.02 Å². The molecule has 1 atom stereocenters. The van der Waals surface area contributed by atoms with E-state index in [2.05, 4.69) is 5.32 Å². The number of nitrogens with zero attached hydrogens (tertiary/aromatic N) is 2. The van der Waals surface area contributed by atoms with Crippen molar-refractivity contribution in [2.45, 2.75) is 39.5 Å². The summed E-state index contributed by atoms with van der Waals surface area (Å²) < 4.78 is 71.1. The fourth-order valence-electron chi connectivity index (χ4n) is 3.46. The number of ether oxygens (including phenoxy) is 1. The third-order valence-corrected chi connectivity index (χ3v) is 7.06. The fraction of sp³-hybridized carbons (Fsp3) is 0.440. The molecular weight excluding hydrogens is 547 g/mol. The van der Waals surface area contributed by atoms with Crippen LogP contribution in [-0.4, -0.2) is 57.6 Å². The van der Waals surface area contributed by atoms with Gasteiger partial charge in [-0.15, -0.1) is 0 Å². The Balaban J connectivity index is 2.45. The van der Waals surface area contributed by atoms with E-state index in [1.165, 1.54) is 18.9 Å². The molecule has 38 heavy (non-hydrogen) atoms. The van der Waals surface area contributed by atoms with E-state index in [4.69, 9.17) is 16.3 Å². The van der Waals surface area contributed by atoms with Crippen LogP contribution in [0.25, 0.3) is 0 Å². The Labute approximate surface area is 225 Å². The minimum Gasteiger partial charge on any atom is -0.497 e. The van der Waals surface area contributed by atoms with E-state index in [9.17, 15) is 31.2 Å². The Hall–Kier alpha value is -2.99. The molecule has 0 saturated heterocycles. The van der Waals surface area contributed by atoms with Crippen LogP contribution in [0.15, 0.2) is 42.5 Å². The lowest BCUT2D eigenvalue weighted by molar-refractivity contribution is -0.139. The highest BCUT2D eigenvalue weighted by Gasteiger charge is 2.35. The normalized spacial score (nSPS) is 12.7. The van der Waals surface area contributed by atoms with Crippen molar-refractivity contribution in [1.29, 1.82) is 0 Å². The number of alkyl halides is 3. The standard InChI is InChI=1S/C25H31ClF3N3O5S/c1-16(2)13-30-24(34)17(3)31(14-18-6-9-20(37-4)10-7-18)23(33)15-32(38(5,35)36)19-8-11-22(26)21(12-19)25(27,28)29/h6-12,16-17H,13-15H2,1-5H3,(H,30,34). The fourth-order valence-corrected chi connectivity index (χ4v) is 4.53. The molecule has 1 unspecified atom stereocenters. The first kappa shape index (κ1) is 31.2. The van der Waals surface area contributed by atoms with Crippen molar-refractivity contribution < 1.29 is 35.9 Å². The molecule has 0 aliphatic carbocycles. The molecule has 0 radical (unpaired) electrons. The van der Waals surface area contributed by atoms with Gasteiger partial charge in [-0.05, 0) is 48.7 Å². The summed E-state index contributed by atoms with van der Waals surface area (Å²) in [6.07, 6.45) is -4.07. The van der Waals surface area contributed by atoms with E-state index >= 15 is 0 Å². The van der Waals surface area contributed by atoms with Gasteiger partial charge in [0, 0.05) is 13.1 Å². The Bertz CT molecular complexity index is 1240. The third-order valence-electron chi connectivity index (χ3n) is 5.59. The van der Waals surface area contributed by atoms with Gasteiger partial charge in [0.1, 0.15) is 18.3 Å². The Morgan fingerprint density at radius 2 is 1.68 bits per heavy atom. The van der Waals surface area contributed by atoms with Gasteiger partial charge in [0.15, 0.2) is 0 Å². The van der Waals surface area contributed by atoms with Crippen LogP contribution in [0.4, 0.5) is 18.9 Å². The molecule has 0 saturated carbocycles. The van der Waals surface area contributed by atoms with Crippen LogP contribution < -0.4 is 14.4 Å². The summed E-state index contributed by atoms with van der Waals surface area (Å²) in [5, 5.41) is 2.13. The van der Waals surface area contributed by atoms with Gasteiger partial charge >= 0.3 is 6.18 Å². The Kier molecular flexibility index (Phi) is 10.4. The summed E-state index contributed by atoms with van der Waals surface area (Å²) in [7, 11) is -2.72. The lowest BCUT2D eigenvalue weighted by atomic mass is 10.1. The number of amides is 2. The molecule has 8 nitrogen and oxygen atoms in total. The van der Waals surface area contributed by atoms with E-state index in [1.54, 1.807) is 24.3 Å². The van der Waals surface area contributed by atoms with E-state index in [-0.39, 0.29) is 18.2 Å². The zero-order valence-electron chi connectivity index (χ0n) is 21.7. The molecule has 2 rings (SSSR count). The van der Waals surface area contributed by atoms with E-state index in [0.717, 1.165) is 18.4 Å². The first-order valence-corrected chi connectivity index (χ1v) is 13.8. The van der Waals surface area contributed by atoms with Crippen LogP contribution >= 0.6 is 11.6 Å².